The van der Waals surface area contributed by atoms with Gasteiger partial charge >= 0.3 is 0 Å². The Balaban J connectivity index is 2.10. The van der Waals surface area contributed by atoms with Crippen LogP contribution in [0.25, 0.3) is 0 Å². The normalized spacial score (nSPS) is 12.7. The van der Waals surface area contributed by atoms with Gasteiger partial charge in [-0.3, -0.25) is 9.59 Å². The first-order chi connectivity index (χ1) is 15.5. The molecule has 0 spiro atoms. The number of carbonyl (C=O) groups excluding carboxylic acids is 2. The van der Waals surface area contributed by atoms with E-state index >= 15 is 0 Å². The number of nitrogens with one attached hydrogen (secondary N) is 1. The number of hydrogen-bond donors (Lipinski definition) is 3. The van der Waals surface area contributed by atoms with Crippen LogP contribution in [0.15, 0.2) is 41.5 Å². The Morgan fingerprint density at radius 2 is 1.38 bits per heavy atom. The van der Waals surface area contributed by atoms with Gasteiger partial charge in [0.25, 0.3) is 0 Å². The fourth-order valence-corrected chi connectivity index (χ4v) is 3.70. The summed E-state index contributed by atoms with van der Waals surface area (Å²) in [5.74, 6) is -0.223. The molecule has 0 saturated carbocycles. The van der Waals surface area contributed by atoms with Gasteiger partial charge in [0.15, 0.2) is 0 Å². The fourth-order valence-electron chi connectivity index (χ4n) is 3.70. The van der Waals surface area contributed by atoms with Gasteiger partial charge in [-0.2, -0.15) is 5.10 Å². The van der Waals surface area contributed by atoms with E-state index < -0.39 is 11.3 Å². The summed E-state index contributed by atoms with van der Waals surface area (Å²) in [6.07, 6.45) is 1.72. The average Bonchev–Trinajstić information content (AvgIpc) is 2.68. The lowest BCUT2D eigenvalue weighted by atomic mass is 9.78. The number of benzene rings is 2. The summed E-state index contributed by atoms with van der Waals surface area (Å²) < 4.78 is 0. The quantitative estimate of drug-likeness (QED) is 0.290. The predicted molar refractivity (Wildman–Crippen MR) is 136 cm³/mol. The van der Waals surface area contributed by atoms with E-state index in [1.54, 1.807) is 38.1 Å². The third kappa shape index (κ3) is 7.17. The number of rotatable bonds is 7. The van der Waals surface area contributed by atoms with E-state index in [2.05, 4.69) is 10.5 Å². The topological polar surface area (TPSA) is 99.0 Å². The molecule has 0 aromatic heterocycles. The highest BCUT2D eigenvalue weighted by atomic mass is 16.3. The summed E-state index contributed by atoms with van der Waals surface area (Å²) in [4.78, 5) is 25.1. The molecule has 3 N–H and O–H groups in total. The first-order valence-corrected chi connectivity index (χ1v) is 11.5. The molecule has 0 bridgehead atoms. The molecule has 2 aromatic rings. The van der Waals surface area contributed by atoms with Gasteiger partial charge in [-0.15, -0.1) is 0 Å². The largest absolute Gasteiger partial charge is 0.508 e. The minimum atomic E-state index is -0.738. The summed E-state index contributed by atoms with van der Waals surface area (Å²) in [6.45, 7) is 15.8. The lowest BCUT2D eigenvalue weighted by Gasteiger charge is -2.27. The molecule has 0 atom stereocenters. The third-order valence-electron chi connectivity index (χ3n) is 5.81. The number of phenolic OH excluding ortho intramolecular Hbond substituents is 2. The number of hydrazone groups is 1. The molecule has 34 heavy (non-hydrogen) atoms. The maximum absolute atomic E-state index is 12.7. The number of Topliss-reactive ketones (excluding diaryl/α,β-unsaturated/α-hetero) is 1. The van der Waals surface area contributed by atoms with Crippen molar-refractivity contribution in [3.8, 4) is 11.5 Å². The van der Waals surface area contributed by atoms with Crippen LogP contribution in [0.5, 0.6) is 11.5 Å². The van der Waals surface area contributed by atoms with Crippen LogP contribution in [-0.2, 0) is 26.8 Å². The van der Waals surface area contributed by atoms with Crippen LogP contribution < -0.4 is 5.43 Å². The zero-order valence-corrected chi connectivity index (χ0v) is 21.6. The molecule has 6 nitrogen and oxygen atoms in total. The van der Waals surface area contributed by atoms with Crippen molar-refractivity contribution < 1.29 is 19.8 Å². The van der Waals surface area contributed by atoms with E-state index in [-0.39, 0.29) is 34.5 Å². The molecule has 0 fully saturated rings. The molecule has 0 radical (unpaired) electrons. The van der Waals surface area contributed by atoms with Gasteiger partial charge in [0.2, 0.25) is 5.91 Å². The Morgan fingerprint density at radius 3 is 1.85 bits per heavy atom. The Hall–Kier alpha value is -3.15. The van der Waals surface area contributed by atoms with E-state index in [0.717, 1.165) is 22.3 Å². The number of ketones is 1. The monoisotopic (exact) mass is 466 g/mol. The van der Waals surface area contributed by atoms with Gasteiger partial charge < -0.3 is 10.2 Å². The van der Waals surface area contributed by atoms with Crippen molar-refractivity contribution in [3.63, 3.8) is 0 Å². The zero-order valence-electron chi connectivity index (χ0n) is 21.6. The average molecular weight is 467 g/mol. The van der Waals surface area contributed by atoms with Gasteiger partial charge in [-0.1, -0.05) is 67.5 Å². The molecule has 0 heterocycles. The number of carbonyl (C=O) groups is 2. The van der Waals surface area contributed by atoms with Crippen molar-refractivity contribution in [3.05, 3.63) is 58.7 Å². The van der Waals surface area contributed by atoms with Gasteiger partial charge in [0.1, 0.15) is 17.3 Å². The minimum Gasteiger partial charge on any atom is -0.508 e. The number of nitrogens with zero attached hydrogens (tertiary/aromatic N) is 1. The summed E-state index contributed by atoms with van der Waals surface area (Å²) in [5.41, 5.74) is 4.44. The van der Waals surface area contributed by atoms with E-state index in [4.69, 9.17) is 0 Å². The Morgan fingerprint density at radius 1 is 0.882 bits per heavy atom. The highest BCUT2D eigenvalue weighted by Crippen LogP contribution is 2.39. The molecule has 2 rings (SSSR count). The maximum atomic E-state index is 12.7. The molecule has 1 amide bonds. The van der Waals surface area contributed by atoms with Crippen molar-refractivity contribution in [2.75, 3.05) is 0 Å². The van der Waals surface area contributed by atoms with E-state index in [1.807, 2.05) is 53.7 Å². The van der Waals surface area contributed by atoms with Gasteiger partial charge in [-0.25, -0.2) is 5.43 Å². The first kappa shape index (κ1) is 27.1. The summed E-state index contributed by atoms with van der Waals surface area (Å²) in [6, 6.07) is 10.4. The predicted octanol–water partition coefficient (Wildman–Crippen LogP) is 5.37. The Labute approximate surface area is 203 Å². The second-order valence-electron chi connectivity index (χ2n) is 11.6. The Bertz CT molecular complexity index is 1030. The van der Waals surface area contributed by atoms with E-state index in [9.17, 15) is 19.8 Å². The van der Waals surface area contributed by atoms with Crippen LogP contribution in [0, 0.1) is 5.41 Å². The molecular weight excluding hydrogens is 428 g/mol. The molecule has 0 unspecified atom stereocenters. The van der Waals surface area contributed by atoms with E-state index in [0.29, 0.717) is 6.42 Å². The van der Waals surface area contributed by atoms with Crippen LogP contribution in [0.3, 0.4) is 0 Å². The first-order valence-electron chi connectivity index (χ1n) is 11.5. The molecule has 2 aromatic carbocycles. The summed E-state index contributed by atoms with van der Waals surface area (Å²) in [5, 5.41) is 24.3. The number of hydrogen-bond acceptors (Lipinski definition) is 5. The van der Waals surface area contributed by atoms with Crippen LogP contribution >= 0.6 is 0 Å². The Kier molecular flexibility index (Phi) is 7.97. The molecular formula is C28H38N2O4. The zero-order chi connectivity index (χ0) is 25.9. The number of aromatic hydroxyl groups is 2. The maximum Gasteiger partial charge on any atom is 0.247 e. The lowest BCUT2D eigenvalue weighted by Crippen LogP contribution is -2.32. The second-order valence-corrected chi connectivity index (χ2v) is 11.6. The number of phenols is 2. The SMILES string of the molecule is CC(C)(Cc1ccc(O)cc1)C(=O)CC(=O)N/N=C/c1cc(C(C)(C)C)c(O)c(C(C)(C)C)c1. The summed E-state index contributed by atoms with van der Waals surface area (Å²) in [7, 11) is 0. The van der Waals surface area contributed by atoms with Crippen molar-refractivity contribution in [2.45, 2.75) is 79.1 Å². The molecule has 6 heteroatoms. The van der Waals surface area contributed by atoms with Crippen molar-refractivity contribution in [2.24, 2.45) is 10.5 Å². The van der Waals surface area contributed by atoms with Crippen LogP contribution in [-0.4, -0.2) is 28.1 Å². The highest BCUT2D eigenvalue weighted by Gasteiger charge is 2.29. The smallest absolute Gasteiger partial charge is 0.247 e. The summed E-state index contributed by atoms with van der Waals surface area (Å²) >= 11 is 0. The van der Waals surface area contributed by atoms with Gasteiger partial charge in [-0.05, 0) is 52.6 Å². The molecule has 0 aliphatic heterocycles. The van der Waals surface area contributed by atoms with Crippen LogP contribution in [0.1, 0.15) is 84.1 Å². The van der Waals surface area contributed by atoms with Gasteiger partial charge in [0, 0.05) is 16.5 Å². The van der Waals surface area contributed by atoms with E-state index in [1.165, 1.54) is 6.21 Å². The fraction of sp³-hybridized carbons (Fsp3) is 0.464. The molecule has 184 valence electrons. The molecule has 0 saturated heterocycles. The second kappa shape index (κ2) is 10.00. The standard InChI is InChI=1S/C28H38N2O4/c1-26(2,3)21-13-19(14-22(25(21)34)27(4,5)6)17-29-30-24(33)15-23(32)28(7,8)16-18-9-11-20(31)12-10-18/h9-14,17,31,34H,15-16H2,1-8H3,(H,30,33)/b29-17+. The van der Waals surface area contributed by atoms with Crippen molar-refractivity contribution >= 4 is 17.9 Å². The molecule has 0 aliphatic carbocycles. The minimum absolute atomic E-state index is 0.169. The molecule has 0 aliphatic rings. The van der Waals surface area contributed by atoms with Crippen LogP contribution in [0.4, 0.5) is 0 Å². The van der Waals surface area contributed by atoms with Crippen molar-refractivity contribution in [1.29, 1.82) is 0 Å². The van der Waals surface area contributed by atoms with Crippen LogP contribution in [0.2, 0.25) is 0 Å². The highest BCUT2D eigenvalue weighted by molar-refractivity contribution is 6.00. The van der Waals surface area contributed by atoms with Gasteiger partial charge in [0.05, 0.1) is 12.6 Å². The van der Waals surface area contributed by atoms with Crippen molar-refractivity contribution in [1.82, 2.24) is 5.43 Å². The lowest BCUT2D eigenvalue weighted by molar-refractivity contribution is -0.133. The number of amides is 1. The third-order valence-corrected chi connectivity index (χ3v) is 5.81.